The van der Waals surface area contributed by atoms with E-state index in [1.807, 2.05) is 50.2 Å². The van der Waals surface area contributed by atoms with E-state index >= 15 is 0 Å². The summed E-state index contributed by atoms with van der Waals surface area (Å²) in [7, 11) is 0. The van der Waals surface area contributed by atoms with Crippen molar-refractivity contribution in [3.63, 3.8) is 0 Å². The van der Waals surface area contributed by atoms with Crippen molar-refractivity contribution in [2.45, 2.75) is 32.6 Å². The van der Waals surface area contributed by atoms with Gasteiger partial charge >= 0.3 is 0 Å². The molecule has 2 rings (SSSR count). The Labute approximate surface area is 125 Å². The van der Waals surface area contributed by atoms with Gasteiger partial charge in [-0.05, 0) is 37.6 Å². The number of aliphatic hydroxyl groups excluding tert-OH is 1. The third-order valence-corrected chi connectivity index (χ3v) is 3.08. The molecule has 0 bridgehead atoms. The molecule has 4 heteroatoms. The maximum atomic E-state index is 10.1. The van der Waals surface area contributed by atoms with Crippen molar-refractivity contribution in [2.24, 2.45) is 0 Å². The van der Waals surface area contributed by atoms with Crippen LogP contribution in [0.25, 0.3) is 0 Å². The van der Waals surface area contributed by atoms with Crippen LogP contribution in [-0.4, -0.2) is 22.7 Å². The molecule has 1 aromatic carbocycles. The molecule has 0 aliphatic heterocycles. The van der Waals surface area contributed by atoms with E-state index in [-0.39, 0.29) is 6.10 Å². The summed E-state index contributed by atoms with van der Waals surface area (Å²) in [4.78, 5) is 3.95. The van der Waals surface area contributed by atoms with Crippen LogP contribution in [-0.2, 0) is 6.54 Å². The van der Waals surface area contributed by atoms with E-state index in [4.69, 9.17) is 4.74 Å². The summed E-state index contributed by atoms with van der Waals surface area (Å²) in [6.45, 7) is 5.17. The Morgan fingerprint density at radius 3 is 2.57 bits per heavy atom. The van der Waals surface area contributed by atoms with Crippen molar-refractivity contribution in [3.8, 4) is 5.75 Å². The van der Waals surface area contributed by atoms with Gasteiger partial charge in [-0.2, -0.15) is 0 Å². The normalized spacial score (nSPS) is 12.4. The SMILES string of the molecule is CC(C)Oc1ccccc1CNCC(O)c1ccncc1. The number of para-hydroxylation sites is 1. The summed E-state index contributed by atoms with van der Waals surface area (Å²) in [6, 6.07) is 11.6. The Morgan fingerprint density at radius 1 is 1.14 bits per heavy atom. The van der Waals surface area contributed by atoms with Crippen LogP contribution in [0.1, 0.15) is 31.1 Å². The van der Waals surface area contributed by atoms with E-state index in [0.29, 0.717) is 13.1 Å². The van der Waals surface area contributed by atoms with Gasteiger partial charge in [-0.25, -0.2) is 0 Å². The molecule has 1 atom stereocenters. The number of ether oxygens (including phenoxy) is 1. The first-order valence-corrected chi connectivity index (χ1v) is 7.20. The molecular weight excluding hydrogens is 264 g/mol. The lowest BCUT2D eigenvalue weighted by molar-refractivity contribution is 0.173. The molecule has 0 radical (unpaired) electrons. The first-order chi connectivity index (χ1) is 10.2. The van der Waals surface area contributed by atoms with Crippen LogP contribution in [0, 0.1) is 0 Å². The second-order valence-electron chi connectivity index (χ2n) is 5.20. The summed E-state index contributed by atoms with van der Waals surface area (Å²) in [6.07, 6.45) is 2.98. The summed E-state index contributed by atoms with van der Waals surface area (Å²) < 4.78 is 5.78. The van der Waals surface area contributed by atoms with E-state index in [9.17, 15) is 5.11 Å². The summed E-state index contributed by atoms with van der Waals surface area (Å²) in [5, 5.41) is 13.4. The molecule has 2 N–H and O–H groups in total. The monoisotopic (exact) mass is 286 g/mol. The van der Waals surface area contributed by atoms with Gasteiger partial charge in [0.2, 0.25) is 0 Å². The van der Waals surface area contributed by atoms with Gasteiger partial charge in [0, 0.05) is 31.0 Å². The lowest BCUT2D eigenvalue weighted by Crippen LogP contribution is -2.21. The first kappa shape index (κ1) is 15.5. The van der Waals surface area contributed by atoms with Gasteiger partial charge < -0.3 is 15.2 Å². The number of rotatable bonds is 7. The molecule has 1 heterocycles. The highest BCUT2D eigenvalue weighted by atomic mass is 16.5. The van der Waals surface area contributed by atoms with Gasteiger partial charge in [0.25, 0.3) is 0 Å². The minimum absolute atomic E-state index is 0.147. The molecule has 2 aromatic rings. The average molecular weight is 286 g/mol. The highest BCUT2D eigenvalue weighted by Gasteiger charge is 2.08. The van der Waals surface area contributed by atoms with Gasteiger partial charge in [-0.1, -0.05) is 18.2 Å². The van der Waals surface area contributed by atoms with Crippen molar-refractivity contribution >= 4 is 0 Å². The number of nitrogens with zero attached hydrogens (tertiary/aromatic N) is 1. The second-order valence-corrected chi connectivity index (χ2v) is 5.20. The summed E-state index contributed by atoms with van der Waals surface area (Å²) in [5.74, 6) is 0.887. The predicted octanol–water partition coefficient (Wildman–Crippen LogP) is 2.69. The third kappa shape index (κ3) is 4.85. The zero-order chi connectivity index (χ0) is 15.1. The van der Waals surface area contributed by atoms with Crippen LogP contribution < -0.4 is 10.1 Å². The number of benzene rings is 1. The van der Waals surface area contributed by atoms with Crippen LogP contribution in [0.15, 0.2) is 48.8 Å². The van der Waals surface area contributed by atoms with Crippen molar-refractivity contribution < 1.29 is 9.84 Å². The quantitative estimate of drug-likeness (QED) is 0.821. The molecule has 0 amide bonds. The molecule has 1 aromatic heterocycles. The Bertz CT molecular complexity index is 543. The number of aliphatic hydroxyl groups is 1. The number of nitrogens with one attached hydrogen (secondary N) is 1. The Kier molecular flexibility index (Phi) is 5.72. The fourth-order valence-corrected chi connectivity index (χ4v) is 2.07. The number of pyridine rings is 1. The molecule has 0 saturated carbocycles. The third-order valence-electron chi connectivity index (χ3n) is 3.08. The van der Waals surface area contributed by atoms with Crippen LogP contribution in [0.3, 0.4) is 0 Å². The molecular formula is C17H22N2O2. The maximum Gasteiger partial charge on any atom is 0.124 e. The Hall–Kier alpha value is -1.91. The van der Waals surface area contributed by atoms with Crippen molar-refractivity contribution in [1.29, 1.82) is 0 Å². The maximum absolute atomic E-state index is 10.1. The Balaban J connectivity index is 1.89. The largest absolute Gasteiger partial charge is 0.491 e. The number of hydrogen-bond acceptors (Lipinski definition) is 4. The van der Waals surface area contributed by atoms with Gasteiger partial charge in [-0.3, -0.25) is 4.98 Å². The molecule has 0 fully saturated rings. The van der Waals surface area contributed by atoms with Crippen molar-refractivity contribution in [3.05, 3.63) is 59.9 Å². The molecule has 1 unspecified atom stereocenters. The average Bonchev–Trinajstić information content (AvgIpc) is 2.49. The second kappa shape index (κ2) is 7.76. The summed E-state index contributed by atoms with van der Waals surface area (Å²) >= 11 is 0. The van der Waals surface area contributed by atoms with Crippen LogP contribution >= 0.6 is 0 Å². The van der Waals surface area contributed by atoms with Gasteiger partial charge in [0.15, 0.2) is 0 Å². The molecule has 112 valence electrons. The van der Waals surface area contributed by atoms with Crippen molar-refractivity contribution in [2.75, 3.05) is 6.54 Å². The molecule has 0 aliphatic rings. The lowest BCUT2D eigenvalue weighted by Gasteiger charge is -2.16. The fraction of sp³-hybridized carbons (Fsp3) is 0.353. The number of aromatic nitrogens is 1. The van der Waals surface area contributed by atoms with Crippen LogP contribution in [0.4, 0.5) is 0 Å². The minimum Gasteiger partial charge on any atom is -0.491 e. The smallest absolute Gasteiger partial charge is 0.124 e. The Morgan fingerprint density at radius 2 is 1.86 bits per heavy atom. The fourth-order valence-electron chi connectivity index (χ4n) is 2.07. The standard InChI is InChI=1S/C17H22N2O2/c1-13(2)21-17-6-4-3-5-15(17)11-19-12-16(20)14-7-9-18-10-8-14/h3-10,13,16,19-20H,11-12H2,1-2H3. The van der Waals surface area contributed by atoms with E-state index in [0.717, 1.165) is 16.9 Å². The van der Waals surface area contributed by atoms with Gasteiger partial charge in [-0.15, -0.1) is 0 Å². The molecule has 0 spiro atoms. The number of hydrogen-bond donors (Lipinski definition) is 2. The lowest BCUT2D eigenvalue weighted by atomic mass is 10.1. The molecule has 0 aliphatic carbocycles. The topological polar surface area (TPSA) is 54.4 Å². The predicted molar refractivity (Wildman–Crippen MR) is 83.1 cm³/mol. The van der Waals surface area contributed by atoms with Crippen LogP contribution in [0.5, 0.6) is 5.75 Å². The summed E-state index contributed by atoms with van der Waals surface area (Å²) in [5.41, 5.74) is 1.96. The van der Waals surface area contributed by atoms with Gasteiger partial charge in [0.1, 0.15) is 5.75 Å². The zero-order valence-corrected chi connectivity index (χ0v) is 12.5. The van der Waals surface area contributed by atoms with Crippen molar-refractivity contribution in [1.82, 2.24) is 10.3 Å². The highest BCUT2D eigenvalue weighted by Crippen LogP contribution is 2.19. The zero-order valence-electron chi connectivity index (χ0n) is 12.5. The van der Waals surface area contributed by atoms with E-state index in [2.05, 4.69) is 10.3 Å². The molecule has 0 saturated heterocycles. The van der Waals surface area contributed by atoms with E-state index in [1.165, 1.54) is 0 Å². The van der Waals surface area contributed by atoms with Gasteiger partial charge in [0.05, 0.1) is 12.2 Å². The molecule has 21 heavy (non-hydrogen) atoms. The van der Waals surface area contributed by atoms with Crippen LogP contribution in [0.2, 0.25) is 0 Å². The molecule has 4 nitrogen and oxygen atoms in total. The minimum atomic E-state index is -0.536. The van der Waals surface area contributed by atoms with E-state index < -0.39 is 6.10 Å². The van der Waals surface area contributed by atoms with E-state index in [1.54, 1.807) is 12.4 Å². The first-order valence-electron chi connectivity index (χ1n) is 7.20. The highest BCUT2D eigenvalue weighted by molar-refractivity contribution is 5.33.